The summed E-state index contributed by atoms with van der Waals surface area (Å²) in [4.78, 5) is 31.6. The first-order chi connectivity index (χ1) is 12.0. The van der Waals surface area contributed by atoms with Crippen LogP contribution in [0.2, 0.25) is 0 Å². The van der Waals surface area contributed by atoms with Crippen LogP contribution in [0.3, 0.4) is 0 Å². The highest BCUT2D eigenvalue weighted by atomic mass is 79.9. The maximum absolute atomic E-state index is 12.7. The number of hydrogen-bond acceptors (Lipinski definition) is 4. The molecule has 1 fully saturated rings. The van der Waals surface area contributed by atoms with Gasteiger partial charge in [-0.2, -0.15) is 0 Å². The van der Waals surface area contributed by atoms with Gasteiger partial charge >= 0.3 is 0 Å². The van der Waals surface area contributed by atoms with Gasteiger partial charge in [-0.25, -0.2) is 4.98 Å². The summed E-state index contributed by atoms with van der Waals surface area (Å²) in [5.74, 6) is 0.200. The quantitative estimate of drug-likeness (QED) is 0.794. The van der Waals surface area contributed by atoms with Crippen LogP contribution in [0.1, 0.15) is 33.7 Å². The highest BCUT2D eigenvalue weighted by Gasteiger charge is 2.25. The number of anilines is 1. The highest BCUT2D eigenvalue weighted by Crippen LogP contribution is 2.21. The Morgan fingerprint density at radius 1 is 1.12 bits per heavy atom. The molecule has 1 aliphatic rings. The second kappa shape index (κ2) is 7.89. The second-order valence-corrected chi connectivity index (χ2v) is 7.14. The van der Waals surface area contributed by atoms with Gasteiger partial charge in [-0.3, -0.25) is 9.59 Å². The molecule has 0 saturated carbocycles. The Bertz CT molecular complexity index is 786. The van der Waals surface area contributed by atoms with Crippen molar-refractivity contribution in [3.8, 4) is 0 Å². The molecule has 5 nitrogen and oxygen atoms in total. The van der Waals surface area contributed by atoms with Gasteiger partial charge < -0.3 is 10.2 Å². The van der Waals surface area contributed by atoms with E-state index in [2.05, 4.69) is 38.2 Å². The largest absolute Gasteiger partial charge is 0.307 e. The predicted octanol–water partition coefficient (Wildman–Crippen LogP) is 3.62. The van der Waals surface area contributed by atoms with Gasteiger partial charge in [0.1, 0.15) is 11.5 Å². The maximum Gasteiger partial charge on any atom is 0.257 e. The molecule has 130 valence electrons. The van der Waals surface area contributed by atoms with Crippen molar-refractivity contribution < 1.29 is 9.59 Å². The Balaban J connectivity index is 1.72. The Morgan fingerprint density at radius 3 is 2.56 bits per heavy atom. The molecule has 0 aliphatic carbocycles. The Hall–Kier alpha value is -2.05. The molecule has 1 aromatic heterocycles. The van der Waals surface area contributed by atoms with E-state index in [0.717, 1.165) is 25.9 Å². The molecule has 0 bridgehead atoms. The Kier molecular flexibility index (Phi) is 5.60. The van der Waals surface area contributed by atoms with E-state index in [1.807, 2.05) is 12.1 Å². The third kappa shape index (κ3) is 4.32. The third-order valence-electron chi connectivity index (χ3n) is 4.45. The second-order valence-electron chi connectivity index (χ2n) is 6.28. The number of hydrogen-bond donors (Lipinski definition) is 1. The summed E-state index contributed by atoms with van der Waals surface area (Å²) >= 11 is 3.37. The molecule has 1 aliphatic heterocycles. The van der Waals surface area contributed by atoms with Crippen LogP contribution in [0.25, 0.3) is 0 Å². The van der Waals surface area contributed by atoms with Crippen molar-refractivity contribution >= 4 is 33.4 Å². The minimum Gasteiger partial charge on any atom is -0.307 e. The van der Waals surface area contributed by atoms with E-state index in [0.29, 0.717) is 21.5 Å². The summed E-state index contributed by atoms with van der Waals surface area (Å²) in [6, 6.07) is 12.3. The summed E-state index contributed by atoms with van der Waals surface area (Å²) in [6.45, 7) is 1.85. The number of pyridine rings is 1. The molecule has 0 unspecified atom stereocenters. The van der Waals surface area contributed by atoms with E-state index < -0.39 is 0 Å². The molecule has 2 heterocycles. The van der Waals surface area contributed by atoms with Crippen LogP contribution in [0, 0.1) is 5.92 Å². The van der Waals surface area contributed by atoms with Gasteiger partial charge in [0.25, 0.3) is 5.91 Å². The molecule has 2 aromatic rings. The summed E-state index contributed by atoms with van der Waals surface area (Å²) < 4.78 is 0.714. The topological polar surface area (TPSA) is 62.3 Å². The summed E-state index contributed by atoms with van der Waals surface area (Å²) in [7, 11) is 2.07. The van der Waals surface area contributed by atoms with E-state index in [4.69, 9.17) is 0 Å². The van der Waals surface area contributed by atoms with Gasteiger partial charge in [0, 0.05) is 10.4 Å². The van der Waals surface area contributed by atoms with Crippen molar-refractivity contribution in [3.05, 3.63) is 58.2 Å². The molecule has 1 amide bonds. The minimum atomic E-state index is -0.260. The standard InChI is InChI=1S/C19H20BrN3O2/c1-23-11-9-13(10-12-23)18(24)16-7-4-8-17(21-16)22-19(25)14-5-2-3-6-15(14)20/h2-8,13H,9-12H2,1H3,(H,21,22,25). The third-order valence-corrected chi connectivity index (χ3v) is 5.14. The molecule has 1 N–H and O–H groups in total. The number of carbonyl (C=O) groups excluding carboxylic acids is 2. The number of halogens is 1. The van der Waals surface area contributed by atoms with Crippen LogP contribution in [-0.4, -0.2) is 41.7 Å². The Morgan fingerprint density at radius 2 is 1.84 bits per heavy atom. The zero-order valence-corrected chi connectivity index (χ0v) is 15.6. The predicted molar refractivity (Wildman–Crippen MR) is 101 cm³/mol. The number of benzene rings is 1. The van der Waals surface area contributed by atoms with E-state index in [1.165, 1.54) is 0 Å². The molecule has 0 radical (unpaired) electrons. The van der Waals surface area contributed by atoms with E-state index in [1.54, 1.807) is 30.3 Å². The first-order valence-corrected chi connectivity index (χ1v) is 9.09. The van der Waals surface area contributed by atoms with Crippen LogP contribution < -0.4 is 5.32 Å². The lowest BCUT2D eigenvalue weighted by Crippen LogP contribution is -2.33. The summed E-state index contributed by atoms with van der Waals surface area (Å²) in [6.07, 6.45) is 1.70. The van der Waals surface area contributed by atoms with Gasteiger partial charge in [-0.05, 0) is 73.2 Å². The fourth-order valence-electron chi connectivity index (χ4n) is 2.95. The van der Waals surface area contributed by atoms with Crippen molar-refractivity contribution in [2.45, 2.75) is 12.8 Å². The maximum atomic E-state index is 12.7. The fraction of sp³-hybridized carbons (Fsp3) is 0.316. The summed E-state index contributed by atoms with van der Waals surface area (Å²) in [5.41, 5.74) is 0.941. The number of Topliss-reactive ketones (excluding diaryl/α,β-unsaturated/α-hetero) is 1. The van der Waals surface area contributed by atoms with Crippen LogP contribution in [0.5, 0.6) is 0 Å². The molecule has 6 heteroatoms. The number of rotatable bonds is 4. The molecule has 0 spiro atoms. The van der Waals surface area contributed by atoms with Crippen molar-refractivity contribution in [2.24, 2.45) is 5.92 Å². The SMILES string of the molecule is CN1CCC(C(=O)c2cccc(NC(=O)c3ccccc3Br)n2)CC1. The molecule has 3 rings (SSSR count). The lowest BCUT2D eigenvalue weighted by molar-refractivity contribution is 0.0851. The van der Waals surface area contributed by atoms with E-state index in [-0.39, 0.29) is 17.6 Å². The van der Waals surface area contributed by atoms with Gasteiger partial charge in [0.05, 0.1) is 5.56 Å². The Labute approximate surface area is 155 Å². The van der Waals surface area contributed by atoms with Gasteiger partial charge in [0.15, 0.2) is 5.78 Å². The first-order valence-electron chi connectivity index (χ1n) is 8.30. The van der Waals surface area contributed by atoms with Crippen LogP contribution >= 0.6 is 15.9 Å². The zero-order valence-electron chi connectivity index (χ0n) is 14.0. The van der Waals surface area contributed by atoms with Crippen LogP contribution in [0.15, 0.2) is 46.9 Å². The minimum absolute atomic E-state index is 0.0120. The van der Waals surface area contributed by atoms with Crippen LogP contribution in [-0.2, 0) is 0 Å². The smallest absolute Gasteiger partial charge is 0.257 e. The number of nitrogens with zero attached hydrogens (tertiary/aromatic N) is 2. The number of likely N-dealkylation sites (tertiary alicyclic amines) is 1. The fourth-order valence-corrected chi connectivity index (χ4v) is 3.42. The molecule has 25 heavy (non-hydrogen) atoms. The number of aromatic nitrogens is 1. The average molecular weight is 402 g/mol. The number of piperidine rings is 1. The normalized spacial score (nSPS) is 15.8. The van der Waals surface area contributed by atoms with Gasteiger partial charge in [-0.1, -0.05) is 18.2 Å². The molecular formula is C19H20BrN3O2. The van der Waals surface area contributed by atoms with Crippen LogP contribution in [0.4, 0.5) is 5.82 Å². The molecule has 1 aromatic carbocycles. The monoisotopic (exact) mass is 401 g/mol. The average Bonchev–Trinajstić information content (AvgIpc) is 2.62. The highest BCUT2D eigenvalue weighted by molar-refractivity contribution is 9.10. The van der Waals surface area contributed by atoms with Crippen molar-refractivity contribution in [3.63, 3.8) is 0 Å². The first kappa shape index (κ1) is 17.8. The van der Waals surface area contributed by atoms with Crippen molar-refractivity contribution in [1.82, 2.24) is 9.88 Å². The molecule has 1 saturated heterocycles. The number of amides is 1. The van der Waals surface area contributed by atoms with E-state index in [9.17, 15) is 9.59 Å². The van der Waals surface area contributed by atoms with Gasteiger partial charge in [0.2, 0.25) is 0 Å². The van der Waals surface area contributed by atoms with Crippen molar-refractivity contribution in [2.75, 3.05) is 25.5 Å². The molecule has 0 atom stereocenters. The van der Waals surface area contributed by atoms with Crippen molar-refractivity contribution in [1.29, 1.82) is 0 Å². The zero-order chi connectivity index (χ0) is 17.8. The number of nitrogens with one attached hydrogen (secondary N) is 1. The van der Waals surface area contributed by atoms with Gasteiger partial charge in [-0.15, -0.1) is 0 Å². The summed E-state index contributed by atoms with van der Waals surface area (Å²) in [5, 5.41) is 2.76. The lowest BCUT2D eigenvalue weighted by Gasteiger charge is -2.27. The number of ketones is 1. The number of carbonyl (C=O) groups is 2. The lowest BCUT2D eigenvalue weighted by atomic mass is 9.91. The molecular weight excluding hydrogens is 382 g/mol. The van der Waals surface area contributed by atoms with E-state index >= 15 is 0 Å².